The molecule has 10 aromatic rings. The molecule has 8 aromatic carbocycles. The molecule has 2 heterocycles. The third-order valence-electron chi connectivity index (χ3n) is 10.8. The number of hydrogen-bond donors (Lipinski definition) is 0. The van der Waals surface area contributed by atoms with Crippen molar-refractivity contribution in [2.24, 2.45) is 0 Å². The van der Waals surface area contributed by atoms with Crippen LogP contribution < -0.4 is 0 Å². The first-order valence-electron chi connectivity index (χ1n) is 18.4. The summed E-state index contributed by atoms with van der Waals surface area (Å²) in [7, 11) is 0. The summed E-state index contributed by atoms with van der Waals surface area (Å²) in [6.45, 7) is 2.03. The van der Waals surface area contributed by atoms with Gasteiger partial charge in [-0.05, 0) is 88.8 Å². The fourth-order valence-electron chi connectivity index (χ4n) is 8.40. The van der Waals surface area contributed by atoms with Gasteiger partial charge in [0.2, 0.25) is 0 Å². The molecule has 0 fully saturated rings. The van der Waals surface area contributed by atoms with Gasteiger partial charge in [0.15, 0.2) is 0 Å². The molecule has 0 radical (unpaired) electrons. The molecule has 4 heteroatoms. The van der Waals surface area contributed by atoms with Crippen molar-refractivity contribution in [3.05, 3.63) is 193 Å². The first-order chi connectivity index (χ1) is 27.1. The fraction of sp³-hybridized carbons (Fsp3) is 0.0196. The molecule has 4 nitrogen and oxygen atoms in total. The minimum atomic E-state index is 0.539. The summed E-state index contributed by atoms with van der Waals surface area (Å²) < 4.78 is 4.63. The molecular formula is C51H32N4. The van der Waals surface area contributed by atoms with Gasteiger partial charge in [0.1, 0.15) is 0 Å². The van der Waals surface area contributed by atoms with Gasteiger partial charge in [-0.15, -0.1) is 0 Å². The molecule has 55 heavy (non-hydrogen) atoms. The highest BCUT2D eigenvalue weighted by Gasteiger charge is 2.24. The van der Waals surface area contributed by atoms with Gasteiger partial charge < -0.3 is 9.13 Å². The first-order valence-corrected chi connectivity index (χ1v) is 18.4. The Hall–Kier alpha value is -7.66. The Kier molecular flexibility index (Phi) is 7.44. The van der Waals surface area contributed by atoms with E-state index in [0.717, 1.165) is 93.9 Å². The molecule has 0 N–H and O–H groups in total. The van der Waals surface area contributed by atoms with Crippen molar-refractivity contribution in [1.29, 1.82) is 10.5 Å². The molecule has 0 bridgehead atoms. The molecule has 2 aromatic heterocycles. The maximum Gasteiger partial charge on any atom is 0.0993 e. The van der Waals surface area contributed by atoms with Gasteiger partial charge in [0.05, 0.1) is 56.7 Å². The van der Waals surface area contributed by atoms with E-state index in [1.54, 1.807) is 0 Å². The SMILES string of the molecule is Cc1cc(C#N)cc(-c2c(-n3c4ccccc4c4ccc(-c5ccccc5)cc43)cc(C#N)cc2-n2c3ccccc3c3ccc(-c4ccccc4)cc32)c1. The summed E-state index contributed by atoms with van der Waals surface area (Å²) in [5.74, 6) is 0. The predicted molar refractivity (Wildman–Crippen MR) is 226 cm³/mol. The van der Waals surface area contributed by atoms with Crippen molar-refractivity contribution >= 4 is 43.6 Å². The fourth-order valence-corrected chi connectivity index (χ4v) is 8.40. The highest BCUT2D eigenvalue weighted by Crippen LogP contribution is 2.44. The third kappa shape index (κ3) is 5.20. The van der Waals surface area contributed by atoms with Crippen LogP contribution in [0.5, 0.6) is 0 Å². The minimum absolute atomic E-state index is 0.539. The zero-order valence-electron chi connectivity index (χ0n) is 30.0. The molecule has 256 valence electrons. The molecule has 0 spiro atoms. The lowest BCUT2D eigenvalue weighted by molar-refractivity contribution is 1.13. The Morgan fingerprint density at radius 1 is 0.364 bits per heavy atom. The smallest absolute Gasteiger partial charge is 0.0993 e. The third-order valence-corrected chi connectivity index (χ3v) is 10.8. The number of rotatable bonds is 5. The van der Waals surface area contributed by atoms with Crippen LogP contribution in [0.4, 0.5) is 0 Å². The van der Waals surface area contributed by atoms with Crippen LogP contribution in [0.25, 0.3) is 88.4 Å². The average Bonchev–Trinajstić information content (AvgIpc) is 3.75. The summed E-state index contributed by atoms with van der Waals surface area (Å²) in [6.07, 6.45) is 0. The molecular weight excluding hydrogens is 669 g/mol. The van der Waals surface area contributed by atoms with Gasteiger partial charge in [0.25, 0.3) is 0 Å². The van der Waals surface area contributed by atoms with E-state index in [9.17, 15) is 10.5 Å². The number of aromatic nitrogens is 2. The second kappa shape index (κ2) is 12.8. The number of nitriles is 2. The van der Waals surface area contributed by atoms with Gasteiger partial charge in [-0.1, -0.05) is 127 Å². The van der Waals surface area contributed by atoms with Crippen LogP contribution in [0.3, 0.4) is 0 Å². The maximum atomic E-state index is 10.8. The van der Waals surface area contributed by atoms with Crippen molar-refractivity contribution in [2.75, 3.05) is 0 Å². The van der Waals surface area contributed by atoms with Crippen molar-refractivity contribution in [1.82, 2.24) is 9.13 Å². The summed E-state index contributed by atoms with van der Waals surface area (Å²) in [5, 5.41) is 25.5. The van der Waals surface area contributed by atoms with E-state index in [2.05, 4.69) is 161 Å². The monoisotopic (exact) mass is 700 g/mol. The van der Waals surface area contributed by atoms with Crippen LogP contribution in [-0.2, 0) is 0 Å². The standard InChI is InChI=1S/C51H32N4/c1-33-24-34(31-52)26-40(25-33)51-49(54-45-18-10-8-16-41(45)43-22-20-38(29-47(43)54)36-12-4-2-5-13-36)27-35(32-53)28-50(51)55-46-19-11-9-17-42(46)44-23-21-39(30-48(44)55)37-14-6-3-7-15-37/h2-30H,1H3. The van der Waals surface area contributed by atoms with Crippen molar-refractivity contribution in [3.63, 3.8) is 0 Å². The van der Waals surface area contributed by atoms with E-state index < -0.39 is 0 Å². The Bertz CT molecular complexity index is 3050. The molecule has 0 aliphatic heterocycles. The molecule has 0 saturated carbocycles. The van der Waals surface area contributed by atoms with Gasteiger partial charge in [-0.25, -0.2) is 0 Å². The average molecular weight is 701 g/mol. The normalized spacial score (nSPS) is 11.3. The zero-order chi connectivity index (χ0) is 37.0. The summed E-state index contributed by atoms with van der Waals surface area (Å²) in [6, 6.07) is 66.2. The van der Waals surface area contributed by atoms with Crippen LogP contribution in [-0.4, -0.2) is 9.13 Å². The Balaban J connectivity index is 1.39. The summed E-state index contributed by atoms with van der Waals surface area (Å²) >= 11 is 0. The van der Waals surface area contributed by atoms with Crippen LogP contribution in [0, 0.1) is 29.6 Å². The number of nitrogens with zero attached hydrogens (tertiary/aromatic N) is 4. The van der Waals surface area contributed by atoms with E-state index in [0.29, 0.717) is 11.1 Å². The number of fused-ring (bicyclic) bond motifs is 6. The van der Waals surface area contributed by atoms with Crippen LogP contribution >= 0.6 is 0 Å². The van der Waals surface area contributed by atoms with E-state index in [1.165, 1.54) is 0 Å². The molecule has 0 aliphatic rings. The van der Waals surface area contributed by atoms with E-state index in [4.69, 9.17) is 0 Å². The maximum absolute atomic E-state index is 10.8. The highest BCUT2D eigenvalue weighted by atomic mass is 15.0. The highest BCUT2D eigenvalue weighted by molar-refractivity contribution is 6.13. The van der Waals surface area contributed by atoms with Gasteiger partial charge >= 0.3 is 0 Å². The van der Waals surface area contributed by atoms with Crippen LogP contribution in [0.2, 0.25) is 0 Å². The van der Waals surface area contributed by atoms with E-state index >= 15 is 0 Å². The zero-order valence-corrected chi connectivity index (χ0v) is 30.0. The quantitative estimate of drug-likeness (QED) is 0.179. The lowest BCUT2D eigenvalue weighted by Crippen LogP contribution is -2.05. The molecule has 0 amide bonds. The number of para-hydroxylation sites is 2. The largest absolute Gasteiger partial charge is 0.308 e. The van der Waals surface area contributed by atoms with Gasteiger partial charge in [-0.3, -0.25) is 0 Å². The number of hydrogen-bond acceptors (Lipinski definition) is 2. The number of benzene rings is 8. The van der Waals surface area contributed by atoms with E-state index in [-0.39, 0.29) is 0 Å². The lowest BCUT2D eigenvalue weighted by Gasteiger charge is -2.21. The van der Waals surface area contributed by atoms with E-state index in [1.807, 2.05) is 43.3 Å². The molecule has 0 unspecified atom stereocenters. The second-order valence-corrected chi connectivity index (χ2v) is 14.1. The van der Waals surface area contributed by atoms with Crippen molar-refractivity contribution < 1.29 is 0 Å². The Morgan fingerprint density at radius 3 is 1.29 bits per heavy atom. The molecule has 10 rings (SSSR count). The minimum Gasteiger partial charge on any atom is -0.308 e. The summed E-state index contributed by atoms with van der Waals surface area (Å²) in [4.78, 5) is 0. The summed E-state index contributed by atoms with van der Waals surface area (Å²) in [5.41, 5.74) is 14.3. The van der Waals surface area contributed by atoms with Crippen LogP contribution in [0.1, 0.15) is 16.7 Å². The predicted octanol–water partition coefficient (Wildman–Crippen LogP) is 12.9. The topological polar surface area (TPSA) is 57.4 Å². The molecule has 0 aliphatic carbocycles. The number of aryl methyl sites for hydroxylation is 1. The first kappa shape index (κ1) is 32.0. The lowest BCUT2D eigenvalue weighted by atomic mass is 9.95. The van der Waals surface area contributed by atoms with Crippen LogP contribution in [0.15, 0.2) is 176 Å². The van der Waals surface area contributed by atoms with Crippen molar-refractivity contribution in [3.8, 4) is 56.9 Å². The van der Waals surface area contributed by atoms with Gasteiger partial charge in [-0.2, -0.15) is 10.5 Å². The van der Waals surface area contributed by atoms with Gasteiger partial charge in [0, 0.05) is 27.1 Å². The van der Waals surface area contributed by atoms with Crippen molar-refractivity contribution in [2.45, 2.75) is 6.92 Å². The Labute approximate surface area is 318 Å². The Morgan fingerprint density at radius 2 is 0.800 bits per heavy atom. The molecule has 0 saturated heterocycles. The molecule has 0 atom stereocenters. The second-order valence-electron chi connectivity index (χ2n) is 14.1.